The van der Waals surface area contributed by atoms with Crippen molar-refractivity contribution in [1.29, 1.82) is 0 Å². The number of carbonyl (C=O) groups is 2. The second kappa shape index (κ2) is 6.40. The van der Waals surface area contributed by atoms with E-state index in [1.165, 1.54) is 17.8 Å². The summed E-state index contributed by atoms with van der Waals surface area (Å²) in [6.45, 7) is 7.47. The monoisotopic (exact) mass is 248 g/mol. The molecule has 0 amide bonds. The molecule has 17 heavy (non-hydrogen) atoms. The highest BCUT2D eigenvalue weighted by Gasteiger charge is 2.08. The SMILES string of the molecule is C=CC(=O)c1ccc(SC(=O)CC(C)C)cc1. The normalized spacial score (nSPS) is 10.3. The van der Waals surface area contributed by atoms with Gasteiger partial charge in [0, 0.05) is 16.9 Å². The molecule has 1 aromatic carbocycles. The third kappa shape index (κ3) is 4.57. The molecule has 0 aliphatic rings. The Bertz CT molecular complexity index is 418. The Hall–Kier alpha value is -1.35. The molecule has 0 heterocycles. The van der Waals surface area contributed by atoms with Crippen molar-refractivity contribution < 1.29 is 9.59 Å². The fourth-order valence-electron chi connectivity index (χ4n) is 1.31. The number of hydrogen-bond acceptors (Lipinski definition) is 3. The molecule has 0 unspecified atom stereocenters. The van der Waals surface area contributed by atoms with Gasteiger partial charge in [0.15, 0.2) is 10.9 Å². The summed E-state index contributed by atoms with van der Waals surface area (Å²) < 4.78 is 0. The van der Waals surface area contributed by atoms with E-state index in [9.17, 15) is 9.59 Å². The summed E-state index contributed by atoms with van der Waals surface area (Å²) in [6.07, 6.45) is 1.85. The van der Waals surface area contributed by atoms with Crippen LogP contribution in [0.5, 0.6) is 0 Å². The minimum Gasteiger partial charge on any atom is -0.289 e. The molecule has 0 saturated heterocycles. The van der Waals surface area contributed by atoms with Gasteiger partial charge in [-0.25, -0.2) is 0 Å². The minimum atomic E-state index is -0.102. The van der Waals surface area contributed by atoms with Crippen molar-refractivity contribution in [2.45, 2.75) is 25.2 Å². The molecule has 0 saturated carbocycles. The Morgan fingerprint density at radius 2 is 1.88 bits per heavy atom. The molecule has 0 fully saturated rings. The predicted molar refractivity (Wildman–Crippen MR) is 71.3 cm³/mol. The van der Waals surface area contributed by atoms with Crippen LogP contribution in [0.1, 0.15) is 30.6 Å². The van der Waals surface area contributed by atoms with E-state index in [0.29, 0.717) is 17.9 Å². The zero-order valence-corrected chi connectivity index (χ0v) is 10.9. The highest BCUT2D eigenvalue weighted by atomic mass is 32.2. The van der Waals surface area contributed by atoms with Gasteiger partial charge in [0.25, 0.3) is 0 Å². The second-order valence-corrected chi connectivity index (χ2v) is 5.30. The lowest BCUT2D eigenvalue weighted by Gasteiger charge is -2.04. The van der Waals surface area contributed by atoms with E-state index in [2.05, 4.69) is 6.58 Å². The average molecular weight is 248 g/mol. The number of ketones is 1. The van der Waals surface area contributed by atoms with Crippen molar-refractivity contribution in [3.63, 3.8) is 0 Å². The fourth-order valence-corrected chi connectivity index (χ4v) is 2.26. The first kappa shape index (κ1) is 13.7. The molecule has 0 spiro atoms. The zero-order chi connectivity index (χ0) is 12.8. The molecule has 3 heteroatoms. The summed E-state index contributed by atoms with van der Waals surface area (Å²) in [5.74, 6) is 0.270. The van der Waals surface area contributed by atoms with Crippen molar-refractivity contribution in [1.82, 2.24) is 0 Å². The van der Waals surface area contributed by atoms with Gasteiger partial charge in [0.1, 0.15) is 0 Å². The number of benzene rings is 1. The van der Waals surface area contributed by atoms with Crippen LogP contribution in [0, 0.1) is 5.92 Å². The van der Waals surface area contributed by atoms with E-state index in [1.807, 2.05) is 13.8 Å². The minimum absolute atomic E-state index is 0.102. The van der Waals surface area contributed by atoms with Crippen LogP contribution in [0.4, 0.5) is 0 Å². The number of allylic oxidation sites excluding steroid dienone is 1. The summed E-state index contributed by atoms with van der Waals surface area (Å²) in [4.78, 5) is 23.7. The van der Waals surface area contributed by atoms with Gasteiger partial charge in [0.05, 0.1) is 0 Å². The molecule has 1 aromatic rings. The molecule has 0 radical (unpaired) electrons. The van der Waals surface area contributed by atoms with Crippen LogP contribution in [0.2, 0.25) is 0 Å². The molecular formula is C14H16O2S. The van der Waals surface area contributed by atoms with Crippen molar-refractivity contribution >= 4 is 22.7 Å². The van der Waals surface area contributed by atoms with Gasteiger partial charge in [0.2, 0.25) is 0 Å². The Morgan fingerprint density at radius 1 is 1.29 bits per heavy atom. The van der Waals surface area contributed by atoms with Crippen molar-refractivity contribution in [2.24, 2.45) is 5.92 Å². The predicted octanol–water partition coefficient (Wildman–Crippen LogP) is 3.72. The summed E-state index contributed by atoms with van der Waals surface area (Å²) in [7, 11) is 0. The van der Waals surface area contributed by atoms with Gasteiger partial charge in [-0.3, -0.25) is 9.59 Å². The van der Waals surface area contributed by atoms with E-state index in [4.69, 9.17) is 0 Å². The lowest BCUT2D eigenvalue weighted by Crippen LogP contribution is -1.98. The van der Waals surface area contributed by atoms with Crippen LogP contribution >= 0.6 is 11.8 Å². The van der Waals surface area contributed by atoms with E-state index >= 15 is 0 Å². The van der Waals surface area contributed by atoms with Crippen LogP contribution in [0.3, 0.4) is 0 Å². The number of carbonyl (C=O) groups excluding carboxylic acids is 2. The van der Waals surface area contributed by atoms with E-state index in [1.54, 1.807) is 24.3 Å². The third-order valence-corrected chi connectivity index (χ3v) is 3.03. The summed E-state index contributed by atoms with van der Waals surface area (Å²) in [5.41, 5.74) is 0.598. The van der Waals surface area contributed by atoms with Crippen LogP contribution in [-0.4, -0.2) is 10.9 Å². The topological polar surface area (TPSA) is 34.1 Å². The molecule has 0 aliphatic carbocycles. The molecular weight excluding hydrogens is 232 g/mol. The fraction of sp³-hybridized carbons (Fsp3) is 0.286. The third-order valence-electron chi connectivity index (χ3n) is 2.13. The van der Waals surface area contributed by atoms with Gasteiger partial charge in [-0.05, 0) is 36.3 Å². The largest absolute Gasteiger partial charge is 0.289 e. The lowest BCUT2D eigenvalue weighted by atomic mass is 10.1. The molecule has 1 rings (SSSR count). The maximum atomic E-state index is 11.6. The quantitative estimate of drug-likeness (QED) is 0.452. The Labute approximate surface area is 106 Å². The number of thioether (sulfide) groups is 1. The second-order valence-electron chi connectivity index (χ2n) is 4.16. The van der Waals surface area contributed by atoms with E-state index < -0.39 is 0 Å². The van der Waals surface area contributed by atoms with Gasteiger partial charge in [-0.2, -0.15) is 0 Å². The highest BCUT2D eigenvalue weighted by Crippen LogP contribution is 2.22. The summed E-state index contributed by atoms with van der Waals surface area (Å²) in [5, 5.41) is 0.155. The molecule has 0 atom stereocenters. The zero-order valence-electron chi connectivity index (χ0n) is 10.1. The van der Waals surface area contributed by atoms with Crippen LogP contribution < -0.4 is 0 Å². The first-order valence-corrected chi connectivity index (χ1v) is 6.32. The molecule has 0 bridgehead atoms. The van der Waals surface area contributed by atoms with Gasteiger partial charge >= 0.3 is 0 Å². The highest BCUT2D eigenvalue weighted by molar-refractivity contribution is 8.13. The van der Waals surface area contributed by atoms with Crippen LogP contribution in [0.25, 0.3) is 0 Å². The van der Waals surface area contributed by atoms with Crippen molar-refractivity contribution in [2.75, 3.05) is 0 Å². The maximum Gasteiger partial charge on any atom is 0.193 e. The average Bonchev–Trinajstić information content (AvgIpc) is 2.28. The Kier molecular flexibility index (Phi) is 5.16. The first-order chi connectivity index (χ1) is 8.02. The smallest absolute Gasteiger partial charge is 0.193 e. The molecule has 0 aromatic heterocycles. The molecule has 0 N–H and O–H groups in total. The Morgan fingerprint density at radius 3 is 2.35 bits per heavy atom. The van der Waals surface area contributed by atoms with E-state index in [-0.39, 0.29) is 10.9 Å². The van der Waals surface area contributed by atoms with Crippen molar-refractivity contribution in [3.05, 3.63) is 42.5 Å². The maximum absolute atomic E-state index is 11.6. The van der Waals surface area contributed by atoms with Crippen molar-refractivity contribution in [3.8, 4) is 0 Å². The molecule has 0 aliphatic heterocycles. The first-order valence-electron chi connectivity index (χ1n) is 5.50. The van der Waals surface area contributed by atoms with Gasteiger partial charge in [-0.1, -0.05) is 32.2 Å². The van der Waals surface area contributed by atoms with E-state index in [0.717, 1.165) is 4.90 Å². The summed E-state index contributed by atoms with van der Waals surface area (Å²) in [6, 6.07) is 7.02. The van der Waals surface area contributed by atoms with Crippen LogP contribution in [0.15, 0.2) is 41.8 Å². The number of rotatable bonds is 5. The molecule has 90 valence electrons. The van der Waals surface area contributed by atoms with Crippen LogP contribution in [-0.2, 0) is 4.79 Å². The van der Waals surface area contributed by atoms with Gasteiger partial charge in [-0.15, -0.1) is 0 Å². The molecule has 2 nitrogen and oxygen atoms in total. The lowest BCUT2D eigenvalue weighted by molar-refractivity contribution is -0.111. The number of hydrogen-bond donors (Lipinski definition) is 0. The van der Waals surface area contributed by atoms with Gasteiger partial charge < -0.3 is 0 Å². The standard InChI is InChI=1S/C14H16O2S/c1-4-13(15)11-5-7-12(8-6-11)17-14(16)9-10(2)3/h4-8,10H,1,9H2,2-3H3. The Balaban J connectivity index is 2.65. The summed E-state index contributed by atoms with van der Waals surface area (Å²) >= 11 is 1.22.